The van der Waals surface area contributed by atoms with Crippen LogP contribution < -0.4 is 5.32 Å². The second-order valence-electron chi connectivity index (χ2n) is 6.91. The third-order valence-corrected chi connectivity index (χ3v) is 4.93. The number of benzene rings is 2. The van der Waals surface area contributed by atoms with E-state index in [1.807, 2.05) is 51.9 Å². The van der Waals surface area contributed by atoms with Crippen LogP contribution in [0.25, 0.3) is 11.0 Å². The molecule has 0 saturated carbocycles. The molecule has 1 aromatic heterocycles. The predicted molar refractivity (Wildman–Crippen MR) is 103 cm³/mol. The monoisotopic (exact) mass is 362 g/mol. The Labute approximate surface area is 157 Å². The molecule has 6 nitrogen and oxygen atoms in total. The number of carbonyl (C=O) groups excluding carboxylic acids is 2. The number of nitrogens with zero attached hydrogens (tertiary/aromatic N) is 3. The van der Waals surface area contributed by atoms with E-state index < -0.39 is 0 Å². The maximum Gasteiger partial charge on any atom is 0.240 e. The first kappa shape index (κ1) is 17.3. The molecule has 1 atom stereocenters. The van der Waals surface area contributed by atoms with Gasteiger partial charge in [-0.25, -0.2) is 4.98 Å². The van der Waals surface area contributed by atoms with E-state index in [1.165, 1.54) is 5.56 Å². The van der Waals surface area contributed by atoms with Crippen molar-refractivity contribution in [3.8, 4) is 0 Å². The fourth-order valence-electron chi connectivity index (χ4n) is 3.56. The second kappa shape index (κ2) is 7.61. The van der Waals surface area contributed by atoms with Crippen LogP contribution in [-0.2, 0) is 22.6 Å². The van der Waals surface area contributed by atoms with Gasteiger partial charge in [0.25, 0.3) is 0 Å². The predicted octanol–water partition coefficient (Wildman–Crippen LogP) is 2.00. The van der Waals surface area contributed by atoms with Crippen molar-refractivity contribution < 1.29 is 9.59 Å². The zero-order chi connectivity index (χ0) is 18.6. The van der Waals surface area contributed by atoms with Gasteiger partial charge >= 0.3 is 0 Å². The quantitative estimate of drug-likeness (QED) is 0.729. The molecule has 2 heterocycles. The smallest absolute Gasteiger partial charge is 0.240 e. The van der Waals surface area contributed by atoms with Gasteiger partial charge in [0, 0.05) is 19.5 Å². The van der Waals surface area contributed by atoms with E-state index in [0.29, 0.717) is 19.5 Å². The number of rotatable bonds is 6. The molecule has 0 bridgehead atoms. The van der Waals surface area contributed by atoms with E-state index in [0.717, 1.165) is 17.5 Å². The minimum Gasteiger partial charge on any atom is -0.350 e. The summed E-state index contributed by atoms with van der Waals surface area (Å²) in [5.41, 5.74) is 3.01. The highest BCUT2D eigenvalue weighted by Crippen LogP contribution is 2.14. The van der Waals surface area contributed by atoms with Gasteiger partial charge in [-0.05, 0) is 24.1 Å². The maximum absolute atomic E-state index is 12.4. The number of hydrogen-bond donors (Lipinski definition) is 1. The SMILES string of the molecule is O=C(Cn1cnc2ccccc21)NC1CC(=O)N(CCc2ccccc2)C1. The topological polar surface area (TPSA) is 67.2 Å². The Morgan fingerprint density at radius 1 is 1.11 bits per heavy atom. The lowest BCUT2D eigenvalue weighted by atomic mass is 10.1. The molecular formula is C21H22N4O2. The summed E-state index contributed by atoms with van der Waals surface area (Å²) >= 11 is 0. The van der Waals surface area contributed by atoms with Gasteiger partial charge in [0.15, 0.2) is 0 Å². The highest BCUT2D eigenvalue weighted by atomic mass is 16.2. The summed E-state index contributed by atoms with van der Waals surface area (Å²) in [7, 11) is 0. The Kier molecular flexibility index (Phi) is 4.87. The number of likely N-dealkylation sites (tertiary alicyclic amines) is 1. The van der Waals surface area contributed by atoms with E-state index in [4.69, 9.17) is 0 Å². The summed E-state index contributed by atoms with van der Waals surface area (Å²) in [5.74, 6) is 0.00479. The first-order chi connectivity index (χ1) is 13.2. The average molecular weight is 362 g/mol. The first-order valence-corrected chi connectivity index (χ1v) is 9.20. The van der Waals surface area contributed by atoms with Gasteiger partial charge in [0.2, 0.25) is 11.8 Å². The molecule has 1 unspecified atom stereocenters. The van der Waals surface area contributed by atoms with Crippen LogP contribution in [-0.4, -0.2) is 45.4 Å². The zero-order valence-corrected chi connectivity index (χ0v) is 15.0. The van der Waals surface area contributed by atoms with Crippen molar-refractivity contribution in [3.05, 3.63) is 66.5 Å². The highest BCUT2D eigenvalue weighted by Gasteiger charge is 2.30. The Morgan fingerprint density at radius 2 is 1.89 bits per heavy atom. The van der Waals surface area contributed by atoms with Crippen molar-refractivity contribution in [1.82, 2.24) is 19.8 Å². The first-order valence-electron chi connectivity index (χ1n) is 9.20. The third kappa shape index (κ3) is 4.00. The van der Waals surface area contributed by atoms with Gasteiger partial charge < -0.3 is 14.8 Å². The molecule has 1 saturated heterocycles. The number of imidazole rings is 1. The molecule has 1 fully saturated rings. The molecule has 2 amide bonds. The van der Waals surface area contributed by atoms with Crippen molar-refractivity contribution >= 4 is 22.8 Å². The summed E-state index contributed by atoms with van der Waals surface area (Å²) in [5, 5.41) is 2.99. The van der Waals surface area contributed by atoms with Crippen LogP contribution in [0, 0.1) is 0 Å². The molecule has 0 radical (unpaired) electrons. The largest absolute Gasteiger partial charge is 0.350 e. The fraction of sp³-hybridized carbons (Fsp3) is 0.286. The molecule has 1 aliphatic rings. The number of nitrogens with one attached hydrogen (secondary N) is 1. The van der Waals surface area contributed by atoms with E-state index in [2.05, 4.69) is 22.4 Å². The van der Waals surface area contributed by atoms with Crippen molar-refractivity contribution in [3.63, 3.8) is 0 Å². The molecule has 0 spiro atoms. The molecule has 1 aliphatic heterocycles. The van der Waals surface area contributed by atoms with Crippen LogP contribution in [0.1, 0.15) is 12.0 Å². The lowest BCUT2D eigenvalue weighted by molar-refractivity contribution is -0.127. The van der Waals surface area contributed by atoms with Gasteiger partial charge in [0.05, 0.1) is 23.4 Å². The molecule has 27 heavy (non-hydrogen) atoms. The van der Waals surface area contributed by atoms with E-state index in [9.17, 15) is 9.59 Å². The van der Waals surface area contributed by atoms with Crippen molar-refractivity contribution in [2.24, 2.45) is 0 Å². The number of para-hydroxylation sites is 2. The van der Waals surface area contributed by atoms with Crippen LogP contribution in [0.2, 0.25) is 0 Å². The van der Waals surface area contributed by atoms with Gasteiger partial charge in [-0.15, -0.1) is 0 Å². The Bertz CT molecular complexity index is 951. The summed E-state index contributed by atoms with van der Waals surface area (Å²) < 4.78 is 1.83. The van der Waals surface area contributed by atoms with E-state index in [-0.39, 0.29) is 24.4 Å². The average Bonchev–Trinajstić information content (AvgIpc) is 3.24. The van der Waals surface area contributed by atoms with E-state index >= 15 is 0 Å². The van der Waals surface area contributed by atoms with Crippen LogP contribution in [0.4, 0.5) is 0 Å². The van der Waals surface area contributed by atoms with Crippen LogP contribution in [0.3, 0.4) is 0 Å². The third-order valence-electron chi connectivity index (χ3n) is 4.93. The maximum atomic E-state index is 12.4. The van der Waals surface area contributed by atoms with Crippen molar-refractivity contribution in [1.29, 1.82) is 0 Å². The second-order valence-corrected chi connectivity index (χ2v) is 6.91. The lowest BCUT2D eigenvalue weighted by Gasteiger charge is -2.17. The van der Waals surface area contributed by atoms with Crippen molar-refractivity contribution in [2.45, 2.75) is 25.4 Å². The number of fused-ring (bicyclic) bond motifs is 1. The fourth-order valence-corrected chi connectivity index (χ4v) is 3.56. The standard InChI is InChI=1S/C21H22N4O2/c26-20(14-25-15-22-18-8-4-5-9-19(18)25)23-17-12-21(27)24(13-17)11-10-16-6-2-1-3-7-16/h1-9,15,17H,10-14H2,(H,23,26). The van der Waals surface area contributed by atoms with Crippen LogP contribution in [0.15, 0.2) is 60.9 Å². The Morgan fingerprint density at radius 3 is 2.74 bits per heavy atom. The normalized spacial score (nSPS) is 16.8. The minimum atomic E-state index is -0.129. The molecular weight excluding hydrogens is 340 g/mol. The van der Waals surface area contributed by atoms with E-state index in [1.54, 1.807) is 6.33 Å². The highest BCUT2D eigenvalue weighted by molar-refractivity contribution is 5.83. The summed E-state index contributed by atoms with van der Waals surface area (Å²) in [4.78, 5) is 30.8. The Balaban J connectivity index is 1.30. The van der Waals surface area contributed by atoms with Gasteiger partial charge in [-0.1, -0.05) is 42.5 Å². The number of amides is 2. The summed E-state index contributed by atoms with van der Waals surface area (Å²) in [6.07, 6.45) is 2.87. The summed E-state index contributed by atoms with van der Waals surface area (Å²) in [6, 6.07) is 17.7. The zero-order valence-electron chi connectivity index (χ0n) is 15.0. The number of hydrogen-bond acceptors (Lipinski definition) is 3. The minimum absolute atomic E-state index is 0.0964. The van der Waals surface area contributed by atoms with Crippen LogP contribution in [0.5, 0.6) is 0 Å². The molecule has 138 valence electrons. The molecule has 2 aromatic carbocycles. The number of carbonyl (C=O) groups is 2. The molecule has 0 aliphatic carbocycles. The lowest BCUT2D eigenvalue weighted by Crippen LogP contribution is -2.39. The molecule has 3 aromatic rings. The molecule has 4 rings (SSSR count). The van der Waals surface area contributed by atoms with Crippen LogP contribution >= 0.6 is 0 Å². The summed E-state index contributed by atoms with van der Waals surface area (Å²) in [6.45, 7) is 1.46. The molecule has 6 heteroatoms. The van der Waals surface area contributed by atoms with Gasteiger partial charge in [-0.2, -0.15) is 0 Å². The molecule has 1 N–H and O–H groups in total. The van der Waals surface area contributed by atoms with Gasteiger partial charge in [0.1, 0.15) is 6.54 Å². The van der Waals surface area contributed by atoms with Gasteiger partial charge in [-0.3, -0.25) is 9.59 Å². The number of aromatic nitrogens is 2. The Hall–Kier alpha value is -3.15. The van der Waals surface area contributed by atoms with Crippen molar-refractivity contribution in [2.75, 3.05) is 13.1 Å².